The van der Waals surface area contributed by atoms with E-state index in [1.165, 1.54) is 12.1 Å². The van der Waals surface area contributed by atoms with Crippen LogP contribution in [0.5, 0.6) is 5.75 Å². The summed E-state index contributed by atoms with van der Waals surface area (Å²) >= 11 is 0. The summed E-state index contributed by atoms with van der Waals surface area (Å²) in [5, 5.41) is 39.7. The van der Waals surface area contributed by atoms with Crippen molar-refractivity contribution in [3.8, 4) is 5.75 Å². The molecule has 168 valence electrons. The van der Waals surface area contributed by atoms with E-state index in [-0.39, 0.29) is 6.10 Å². The lowest BCUT2D eigenvalue weighted by atomic mass is 9.90. The van der Waals surface area contributed by atoms with Crippen LogP contribution >= 0.6 is 0 Å². The summed E-state index contributed by atoms with van der Waals surface area (Å²) in [5.41, 5.74) is 1.93. The van der Waals surface area contributed by atoms with Crippen LogP contribution in [-0.2, 0) is 15.9 Å². The number of rotatable bonds is 6. The smallest absolute Gasteiger partial charge is 0.124 e. The SMILES string of the molecule is OC[C@H]1O[C@@H](c2cc(F)cc(Cc3ccc(OC4CCOC4)cc3)c2)[C@H](O)[C@@H](O)[C@@H]1O. The zero-order chi connectivity index (χ0) is 22.0. The highest BCUT2D eigenvalue weighted by Crippen LogP contribution is 2.33. The molecule has 2 saturated heterocycles. The maximum atomic E-state index is 14.3. The Morgan fingerprint density at radius 1 is 0.968 bits per heavy atom. The van der Waals surface area contributed by atoms with Gasteiger partial charge in [-0.25, -0.2) is 4.39 Å². The molecule has 4 N–H and O–H groups in total. The fourth-order valence-corrected chi connectivity index (χ4v) is 4.04. The van der Waals surface area contributed by atoms with E-state index in [0.717, 1.165) is 17.7 Å². The molecule has 2 aliphatic heterocycles. The summed E-state index contributed by atoms with van der Waals surface area (Å²) in [6.07, 6.45) is -5.18. The first-order valence-corrected chi connectivity index (χ1v) is 10.4. The van der Waals surface area contributed by atoms with Gasteiger partial charge in [0.2, 0.25) is 0 Å². The number of ether oxygens (including phenoxy) is 3. The fraction of sp³-hybridized carbons (Fsp3) is 0.478. The van der Waals surface area contributed by atoms with Crippen molar-refractivity contribution >= 4 is 0 Å². The number of hydrogen-bond acceptors (Lipinski definition) is 7. The standard InChI is InChI=1S/C23H27FO7/c24-16-9-14(7-13-1-3-17(4-2-13)30-18-5-6-29-12-18)8-15(10-16)23-22(28)21(27)20(26)19(11-25)31-23/h1-4,8-10,18-23,25-28H,5-7,11-12H2/t18?,19-,20-,21+,22-,23+/m1/s1. The Morgan fingerprint density at radius 3 is 2.42 bits per heavy atom. The Morgan fingerprint density at radius 2 is 1.74 bits per heavy atom. The highest BCUT2D eigenvalue weighted by atomic mass is 19.1. The van der Waals surface area contributed by atoms with E-state index in [1.807, 2.05) is 24.3 Å². The molecule has 4 rings (SSSR count). The van der Waals surface area contributed by atoms with Gasteiger partial charge in [-0.15, -0.1) is 0 Å². The van der Waals surface area contributed by atoms with Crippen LogP contribution in [0, 0.1) is 5.82 Å². The van der Waals surface area contributed by atoms with E-state index >= 15 is 0 Å². The molecule has 0 amide bonds. The Bertz CT molecular complexity index is 867. The quantitative estimate of drug-likeness (QED) is 0.539. The first-order chi connectivity index (χ1) is 14.9. The second-order valence-corrected chi connectivity index (χ2v) is 8.07. The van der Waals surface area contributed by atoms with Gasteiger partial charge in [-0.3, -0.25) is 0 Å². The van der Waals surface area contributed by atoms with Gasteiger partial charge in [-0.2, -0.15) is 0 Å². The van der Waals surface area contributed by atoms with Crippen molar-refractivity contribution in [1.82, 2.24) is 0 Å². The number of halogens is 1. The molecule has 1 unspecified atom stereocenters. The first kappa shape index (κ1) is 22.1. The fourth-order valence-electron chi connectivity index (χ4n) is 4.04. The van der Waals surface area contributed by atoms with Crippen LogP contribution in [0.2, 0.25) is 0 Å². The number of benzene rings is 2. The second-order valence-electron chi connectivity index (χ2n) is 8.07. The van der Waals surface area contributed by atoms with Gasteiger partial charge in [-0.05, 0) is 47.4 Å². The molecule has 7 nitrogen and oxygen atoms in total. The van der Waals surface area contributed by atoms with E-state index in [0.29, 0.717) is 30.8 Å². The van der Waals surface area contributed by atoms with Gasteiger partial charge in [0.1, 0.15) is 48.2 Å². The van der Waals surface area contributed by atoms with Crippen molar-refractivity contribution in [3.05, 3.63) is 65.0 Å². The van der Waals surface area contributed by atoms with Gasteiger partial charge in [0.05, 0.1) is 19.8 Å². The van der Waals surface area contributed by atoms with E-state index in [2.05, 4.69) is 0 Å². The Labute approximate surface area is 179 Å². The predicted molar refractivity (Wildman–Crippen MR) is 108 cm³/mol. The minimum atomic E-state index is -1.51. The highest BCUT2D eigenvalue weighted by Gasteiger charge is 2.44. The molecular formula is C23H27FO7. The lowest BCUT2D eigenvalue weighted by molar-refractivity contribution is -0.231. The maximum Gasteiger partial charge on any atom is 0.124 e. The zero-order valence-corrected chi connectivity index (χ0v) is 16.9. The zero-order valence-electron chi connectivity index (χ0n) is 16.9. The van der Waals surface area contributed by atoms with Gasteiger partial charge >= 0.3 is 0 Å². The lowest BCUT2D eigenvalue weighted by Crippen LogP contribution is -2.55. The van der Waals surface area contributed by atoms with E-state index < -0.39 is 42.9 Å². The molecule has 2 heterocycles. The van der Waals surface area contributed by atoms with E-state index in [9.17, 15) is 24.8 Å². The molecular weight excluding hydrogens is 407 g/mol. The van der Waals surface area contributed by atoms with Gasteiger partial charge in [0.15, 0.2) is 0 Å². The molecule has 31 heavy (non-hydrogen) atoms. The highest BCUT2D eigenvalue weighted by molar-refractivity contribution is 5.34. The van der Waals surface area contributed by atoms with Crippen LogP contribution < -0.4 is 4.74 Å². The van der Waals surface area contributed by atoms with E-state index in [1.54, 1.807) is 6.07 Å². The molecule has 2 aliphatic rings. The summed E-state index contributed by atoms with van der Waals surface area (Å²) in [6, 6.07) is 11.9. The Kier molecular flexibility index (Phi) is 6.86. The molecule has 0 bridgehead atoms. The predicted octanol–water partition coefficient (Wildman–Crippen LogP) is 1.10. The molecule has 0 spiro atoms. The third-order valence-corrected chi connectivity index (χ3v) is 5.72. The van der Waals surface area contributed by atoms with Crippen molar-refractivity contribution in [1.29, 1.82) is 0 Å². The average molecular weight is 434 g/mol. The largest absolute Gasteiger partial charge is 0.488 e. The molecule has 2 aromatic carbocycles. The summed E-state index contributed by atoms with van der Waals surface area (Å²) in [5.74, 6) is 0.242. The minimum Gasteiger partial charge on any atom is -0.488 e. The van der Waals surface area contributed by atoms with Crippen molar-refractivity contribution in [3.63, 3.8) is 0 Å². The van der Waals surface area contributed by atoms with Gasteiger partial charge in [0, 0.05) is 6.42 Å². The Balaban J connectivity index is 1.48. The van der Waals surface area contributed by atoms with Crippen LogP contribution in [0.25, 0.3) is 0 Å². The number of aliphatic hydroxyl groups is 4. The molecule has 0 aromatic heterocycles. The van der Waals surface area contributed by atoms with Crippen molar-refractivity contribution < 1.29 is 39.0 Å². The minimum absolute atomic E-state index is 0.0650. The van der Waals surface area contributed by atoms with Crippen molar-refractivity contribution in [2.24, 2.45) is 0 Å². The topological polar surface area (TPSA) is 109 Å². The normalized spacial score (nSPS) is 31.0. The van der Waals surface area contributed by atoms with E-state index in [4.69, 9.17) is 14.2 Å². The lowest BCUT2D eigenvalue weighted by Gasteiger charge is -2.40. The third kappa shape index (κ3) is 5.06. The maximum absolute atomic E-state index is 14.3. The molecule has 8 heteroatoms. The summed E-state index contributed by atoms with van der Waals surface area (Å²) < 4.78 is 31.0. The molecule has 6 atom stereocenters. The molecule has 2 fully saturated rings. The number of hydrogen-bond donors (Lipinski definition) is 4. The summed E-state index contributed by atoms with van der Waals surface area (Å²) in [6.45, 7) is 0.760. The van der Waals surface area contributed by atoms with Crippen LogP contribution in [-0.4, -0.2) is 70.8 Å². The molecule has 0 radical (unpaired) electrons. The summed E-state index contributed by atoms with van der Waals surface area (Å²) in [7, 11) is 0. The molecule has 0 aliphatic carbocycles. The second kappa shape index (κ2) is 9.60. The molecule has 2 aromatic rings. The van der Waals surface area contributed by atoms with Crippen LogP contribution in [0.15, 0.2) is 42.5 Å². The first-order valence-electron chi connectivity index (χ1n) is 10.4. The average Bonchev–Trinajstić information content (AvgIpc) is 3.26. The van der Waals surface area contributed by atoms with Crippen LogP contribution in [0.1, 0.15) is 29.2 Å². The Hall–Kier alpha value is -2.07. The van der Waals surface area contributed by atoms with Crippen LogP contribution in [0.4, 0.5) is 4.39 Å². The number of aliphatic hydroxyl groups excluding tert-OH is 4. The van der Waals surface area contributed by atoms with Crippen molar-refractivity contribution in [2.45, 2.75) is 49.5 Å². The third-order valence-electron chi connectivity index (χ3n) is 5.72. The van der Waals surface area contributed by atoms with Gasteiger partial charge in [-0.1, -0.05) is 18.2 Å². The molecule has 0 saturated carbocycles. The monoisotopic (exact) mass is 434 g/mol. The van der Waals surface area contributed by atoms with Crippen LogP contribution in [0.3, 0.4) is 0 Å². The van der Waals surface area contributed by atoms with Gasteiger partial charge in [0.25, 0.3) is 0 Å². The summed E-state index contributed by atoms with van der Waals surface area (Å²) in [4.78, 5) is 0. The van der Waals surface area contributed by atoms with Crippen molar-refractivity contribution in [2.75, 3.05) is 19.8 Å². The van der Waals surface area contributed by atoms with Gasteiger partial charge < -0.3 is 34.6 Å².